The van der Waals surface area contributed by atoms with Gasteiger partial charge in [0.15, 0.2) is 0 Å². The summed E-state index contributed by atoms with van der Waals surface area (Å²) < 4.78 is 31.4. The summed E-state index contributed by atoms with van der Waals surface area (Å²) in [6.45, 7) is 3.12. The van der Waals surface area contributed by atoms with Crippen LogP contribution in [-0.2, 0) is 14.8 Å². The minimum atomic E-state index is -3.43. The summed E-state index contributed by atoms with van der Waals surface area (Å²) in [7, 11) is -3.43. The lowest BCUT2D eigenvalue weighted by Gasteiger charge is -2.32. The van der Waals surface area contributed by atoms with Crippen LogP contribution in [0.5, 0.6) is 0 Å². The fourth-order valence-corrected chi connectivity index (χ4v) is 3.44. The smallest absolute Gasteiger partial charge is 0.243 e. The maximum absolute atomic E-state index is 12.3. The number of benzene rings is 1. The van der Waals surface area contributed by atoms with Gasteiger partial charge in [0.2, 0.25) is 10.0 Å². The lowest BCUT2D eigenvalue weighted by molar-refractivity contribution is 0.0393. The molecular formula is C11H16N2O3S. The van der Waals surface area contributed by atoms with Crippen molar-refractivity contribution in [3.8, 4) is 0 Å². The summed E-state index contributed by atoms with van der Waals surface area (Å²) >= 11 is 0. The molecular weight excluding hydrogens is 240 g/mol. The molecule has 2 rings (SSSR count). The van der Waals surface area contributed by atoms with Gasteiger partial charge >= 0.3 is 0 Å². The molecule has 1 atom stereocenters. The summed E-state index contributed by atoms with van der Waals surface area (Å²) in [4.78, 5) is 0.278. The number of hydrogen-bond donors (Lipinski definition) is 1. The molecule has 5 nitrogen and oxygen atoms in total. The SMILES string of the molecule is C[C@@H]1COCCN1S(=O)(=O)c1ccc(N)cc1. The van der Waals surface area contributed by atoms with Crippen LogP contribution in [-0.4, -0.2) is 38.5 Å². The molecule has 1 aliphatic heterocycles. The lowest BCUT2D eigenvalue weighted by atomic mass is 10.3. The molecule has 0 radical (unpaired) electrons. The highest BCUT2D eigenvalue weighted by atomic mass is 32.2. The van der Waals surface area contributed by atoms with Gasteiger partial charge in [0, 0.05) is 18.3 Å². The van der Waals surface area contributed by atoms with Crippen molar-refractivity contribution in [1.82, 2.24) is 4.31 Å². The van der Waals surface area contributed by atoms with E-state index < -0.39 is 10.0 Å². The van der Waals surface area contributed by atoms with Crippen molar-refractivity contribution < 1.29 is 13.2 Å². The van der Waals surface area contributed by atoms with E-state index in [1.54, 1.807) is 12.1 Å². The Labute approximate surface area is 101 Å². The molecule has 17 heavy (non-hydrogen) atoms. The van der Waals surface area contributed by atoms with E-state index in [1.165, 1.54) is 16.4 Å². The number of nitrogens with two attached hydrogens (primary N) is 1. The second kappa shape index (κ2) is 4.64. The predicted octanol–water partition coefficient (Wildman–Crippen LogP) is 0.678. The molecule has 1 heterocycles. The van der Waals surface area contributed by atoms with E-state index in [2.05, 4.69) is 0 Å². The maximum Gasteiger partial charge on any atom is 0.243 e. The summed E-state index contributed by atoms with van der Waals surface area (Å²) in [5.74, 6) is 0. The monoisotopic (exact) mass is 256 g/mol. The molecule has 0 unspecified atom stereocenters. The molecule has 0 spiro atoms. The molecule has 0 saturated carbocycles. The summed E-state index contributed by atoms with van der Waals surface area (Å²) in [6.07, 6.45) is 0. The largest absolute Gasteiger partial charge is 0.399 e. The molecule has 1 aromatic carbocycles. The van der Waals surface area contributed by atoms with Gasteiger partial charge in [-0.05, 0) is 31.2 Å². The predicted molar refractivity (Wildman–Crippen MR) is 65.0 cm³/mol. The molecule has 1 saturated heterocycles. The number of rotatable bonds is 2. The van der Waals surface area contributed by atoms with Crippen molar-refractivity contribution in [3.63, 3.8) is 0 Å². The average molecular weight is 256 g/mol. The topological polar surface area (TPSA) is 72.6 Å². The number of nitrogens with zero attached hydrogens (tertiary/aromatic N) is 1. The molecule has 0 bridgehead atoms. The Bertz CT molecular complexity index is 484. The van der Waals surface area contributed by atoms with Crippen LogP contribution in [0.4, 0.5) is 5.69 Å². The first-order chi connectivity index (χ1) is 8.01. The van der Waals surface area contributed by atoms with Gasteiger partial charge in [0.1, 0.15) is 0 Å². The number of nitrogen functional groups attached to an aromatic ring is 1. The van der Waals surface area contributed by atoms with Crippen LogP contribution < -0.4 is 5.73 Å². The molecule has 6 heteroatoms. The first kappa shape index (κ1) is 12.3. The summed E-state index contributed by atoms with van der Waals surface area (Å²) in [5.41, 5.74) is 6.10. The van der Waals surface area contributed by atoms with Crippen LogP contribution in [0.25, 0.3) is 0 Å². The molecule has 1 aliphatic rings. The van der Waals surface area contributed by atoms with E-state index in [-0.39, 0.29) is 10.9 Å². The van der Waals surface area contributed by atoms with E-state index in [4.69, 9.17) is 10.5 Å². The maximum atomic E-state index is 12.3. The van der Waals surface area contributed by atoms with Crippen LogP contribution in [0.15, 0.2) is 29.2 Å². The quantitative estimate of drug-likeness (QED) is 0.790. The highest BCUT2D eigenvalue weighted by Crippen LogP contribution is 2.21. The minimum Gasteiger partial charge on any atom is -0.399 e. The second-order valence-corrected chi connectivity index (χ2v) is 6.00. The summed E-state index contributed by atoms with van der Waals surface area (Å²) in [6, 6.07) is 6.13. The normalized spacial score (nSPS) is 22.5. The Balaban J connectivity index is 2.32. The zero-order chi connectivity index (χ0) is 12.5. The number of ether oxygens (including phenoxy) is 1. The first-order valence-corrected chi connectivity index (χ1v) is 6.91. The highest BCUT2D eigenvalue weighted by molar-refractivity contribution is 7.89. The van der Waals surface area contributed by atoms with Gasteiger partial charge in [-0.1, -0.05) is 0 Å². The number of sulfonamides is 1. The fraction of sp³-hybridized carbons (Fsp3) is 0.455. The van der Waals surface area contributed by atoms with E-state index in [0.29, 0.717) is 25.4 Å². The number of anilines is 1. The van der Waals surface area contributed by atoms with Crippen LogP contribution in [0.1, 0.15) is 6.92 Å². The highest BCUT2D eigenvalue weighted by Gasteiger charge is 2.31. The second-order valence-electron chi connectivity index (χ2n) is 4.11. The number of hydrogen-bond acceptors (Lipinski definition) is 4. The van der Waals surface area contributed by atoms with Gasteiger partial charge in [-0.2, -0.15) is 4.31 Å². The third-order valence-electron chi connectivity index (χ3n) is 2.79. The number of morpholine rings is 1. The van der Waals surface area contributed by atoms with Crippen molar-refractivity contribution in [1.29, 1.82) is 0 Å². The van der Waals surface area contributed by atoms with Crippen LogP contribution in [0.2, 0.25) is 0 Å². The molecule has 0 aliphatic carbocycles. The van der Waals surface area contributed by atoms with E-state index >= 15 is 0 Å². The van der Waals surface area contributed by atoms with Gasteiger partial charge in [0.25, 0.3) is 0 Å². The molecule has 1 aromatic rings. The Kier molecular flexibility index (Phi) is 3.37. The zero-order valence-corrected chi connectivity index (χ0v) is 10.5. The Morgan fingerprint density at radius 3 is 2.59 bits per heavy atom. The van der Waals surface area contributed by atoms with E-state index in [1.807, 2.05) is 6.92 Å². The minimum absolute atomic E-state index is 0.133. The zero-order valence-electron chi connectivity index (χ0n) is 9.67. The van der Waals surface area contributed by atoms with Crippen LogP contribution >= 0.6 is 0 Å². The average Bonchev–Trinajstić information content (AvgIpc) is 2.30. The lowest BCUT2D eigenvalue weighted by Crippen LogP contribution is -2.46. The molecule has 1 fully saturated rings. The summed E-state index contributed by atoms with van der Waals surface area (Å²) in [5, 5.41) is 0. The molecule has 0 aromatic heterocycles. The Morgan fingerprint density at radius 1 is 1.35 bits per heavy atom. The van der Waals surface area contributed by atoms with Crippen molar-refractivity contribution in [2.24, 2.45) is 0 Å². The van der Waals surface area contributed by atoms with Gasteiger partial charge in [0.05, 0.1) is 18.1 Å². The van der Waals surface area contributed by atoms with Crippen LogP contribution in [0, 0.1) is 0 Å². The third-order valence-corrected chi connectivity index (χ3v) is 4.82. The fourth-order valence-electron chi connectivity index (χ4n) is 1.84. The van der Waals surface area contributed by atoms with Crippen LogP contribution in [0.3, 0.4) is 0 Å². The molecule has 0 amide bonds. The van der Waals surface area contributed by atoms with E-state index in [9.17, 15) is 8.42 Å². The van der Waals surface area contributed by atoms with Crippen molar-refractivity contribution in [2.75, 3.05) is 25.5 Å². The third kappa shape index (κ3) is 2.43. The first-order valence-electron chi connectivity index (χ1n) is 5.47. The molecule has 2 N–H and O–H groups in total. The van der Waals surface area contributed by atoms with E-state index in [0.717, 1.165) is 0 Å². The van der Waals surface area contributed by atoms with Crippen molar-refractivity contribution >= 4 is 15.7 Å². The Hall–Kier alpha value is -1.11. The van der Waals surface area contributed by atoms with Gasteiger partial charge in [-0.25, -0.2) is 8.42 Å². The standard InChI is InChI=1S/C11H16N2O3S/c1-9-8-16-7-6-13(9)17(14,15)11-4-2-10(12)3-5-11/h2-5,9H,6-8,12H2,1H3/t9-/m1/s1. The van der Waals surface area contributed by atoms with Crippen molar-refractivity contribution in [3.05, 3.63) is 24.3 Å². The Morgan fingerprint density at radius 2 is 2.00 bits per heavy atom. The van der Waals surface area contributed by atoms with Gasteiger partial charge < -0.3 is 10.5 Å². The molecule has 94 valence electrons. The van der Waals surface area contributed by atoms with Gasteiger partial charge in [-0.15, -0.1) is 0 Å². The van der Waals surface area contributed by atoms with Gasteiger partial charge in [-0.3, -0.25) is 0 Å². The van der Waals surface area contributed by atoms with Crippen molar-refractivity contribution in [2.45, 2.75) is 17.9 Å².